The van der Waals surface area contributed by atoms with Crippen molar-refractivity contribution in [1.82, 2.24) is 19.9 Å². The Balaban J connectivity index is 0.00000498. The Kier molecular flexibility index (Phi) is 11.6. The summed E-state index contributed by atoms with van der Waals surface area (Å²) >= 11 is 0. The maximum atomic E-state index is 5.38. The standard InChI is InChI=1S/C60H39N4.Ir/c1-5-17-41(18-6-1)45-27-15-28-46(31-45)54-34-53(44-23-11-4-12-24-44)37-56(38-54)60-63-58(49-30-16-29-48(32-49)57-39-47-25-13-14-26-50(47)40-61-57)62-59(64-60)55-35-51(42-19-7-2-8-20-42)33-52(36-55)43-21-9-3-10-22-43;/h1-28,30-40H;/q-1;. The minimum Gasteiger partial charge on any atom is -0.304 e. The molecule has 309 valence electrons. The van der Waals surface area contributed by atoms with Crippen LogP contribution in [-0.4, -0.2) is 19.9 Å². The molecule has 0 bridgehead atoms. The molecule has 0 amide bonds. The van der Waals surface area contributed by atoms with Crippen LogP contribution in [0.2, 0.25) is 0 Å². The van der Waals surface area contributed by atoms with Gasteiger partial charge in [0.25, 0.3) is 0 Å². The van der Waals surface area contributed by atoms with Crippen molar-refractivity contribution >= 4 is 10.8 Å². The summed E-state index contributed by atoms with van der Waals surface area (Å²) in [6.45, 7) is 0. The average Bonchev–Trinajstić information content (AvgIpc) is 3.39. The van der Waals surface area contributed by atoms with E-state index in [1.54, 1.807) is 0 Å². The zero-order valence-corrected chi connectivity index (χ0v) is 37.5. The van der Waals surface area contributed by atoms with Gasteiger partial charge in [0, 0.05) is 37.4 Å². The topological polar surface area (TPSA) is 51.6 Å². The van der Waals surface area contributed by atoms with Gasteiger partial charge in [0.2, 0.25) is 0 Å². The van der Waals surface area contributed by atoms with E-state index in [-0.39, 0.29) is 20.1 Å². The third-order valence-corrected chi connectivity index (χ3v) is 11.6. The fraction of sp³-hybridized carbons (Fsp3) is 0. The maximum Gasteiger partial charge on any atom is 0.164 e. The molecule has 0 aliphatic rings. The first kappa shape index (κ1) is 41.1. The first-order chi connectivity index (χ1) is 31.7. The first-order valence-electron chi connectivity index (χ1n) is 21.4. The van der Waals surface area contributed by atoms with Gasteiger partial charge in [-0.25, -0.2) is 15.0 Å². The van der Waals surface area contributed by atoms with Gasteiger partial charge in [-0.1, -0.05) is 175 Å². The number of benzene rings is 9. The number of rotatable bonds is 9. The van der Waals surface area contributed by atoms with Gasteiger partial charge in [-0.2, -0.15) is 0 Å². The van der Waals surface area contributed by atoms with Crippen LogP contribution in [0.5, 0.6) is 0 Å². The van der Waals surface area contributed by atoms with Crippen LogP contribution >= 0.6 is 0 Å². The zero-order valence-electron chi connectivity index (χ0n) is 35.1. The normalized spacial score (nSPS) is 11.0. The predicted molar refractivity (Wildman–Crippen MR) is 263 cm³/mol. The molecule has 0 aliphatic carbocycles. The molecule has 11 aromatic rings. The van der Waals surface area contributed by atoms with Crippen molar-refractivity contribution in [2.75, 3.05) is 0 Å². The van der Waals surface area contributed by atoms with Gasteiger partial charge in [-0.05, 0) is 115 Å². The molecule has 0 N–H and O–H groups in total. The Morgan fingerprint density at radius 2 is 0.646 bits per heavy atom. The minimum atomic E-state index is 0. The minimum absolute atomic E-state index is 0. The average molecular weight is 1010 g/mol. The number of pyridine rings is 1. The fourth-order valence-electron chi connectivity index (χ4n) is 8.33. The molecular weight excluding hydrogens is 969 g/mol. The van der Waals surface area contributed by atoms with Crippen LogP contribution in [0.4, 0.5) is 0 Å². The second kappa shape index (κ2) is 18.4. The van der Waals surface area contributed by atoms with Crippen molar-refractivity contribution < 1.29 is 20.1 Å². The molecular formula is C60H39IrN4-. The van der Waals surface area contributed by atoms with Gasteiger partial charge in [0.05, 0.1) is 0 Å². The van der Waals surface area contributed by atoms with Gasteiger partial charge >= 0.3 is 0 Å². The fourth-order valence-corrected chi connectivity index (χ4v) is 8.33. The monoisotopic (exact) mass is 1010 g/mol. The van der Waals surface area contributed by atoms with Crippen LogP contribution in [0.1, 0.15) is 0 Å². The quantitative estimate of drug-likeness (QED) is 0.135. The molecule has 2 aromatic heterocycles. The second-order valence-electron chi connectivity index (χ2n) is 15.9. The molecule has 0 saturated heterocycles. The number of hydrogen-bond donors (Lipinski definition) is 0. The van der Waals surface area contributed by atoms with Crippen molar-refractivity contribution in [3.63, 3.8) is 0 Å². The Morgan fingerprint density at radius 1 is 0.277 bits per heavy atom. The number of hydrogen-bond acceptors (Lipinski definition) is 4. The zero-order chi connectivity index (χ0) is 42.7. The largest absolute Gasteiger partial charge is 0.304 e. The van der Waals surface area contributed by atoms with Gasteiger partial charge in [0.1, 0.15) is 5.82 Å². The molecule has 0 atom stereocenters. The number of aromatic nitrogens is 4. The molecule has 9 aromatic carbocycles. The third-order valence-electron chi connectivity index (χ3n) is 11.6. The van der Waals surface area contributed by atoms with E-state index in [9.17, 15) is 0 Å². The molecule has 0 aliphatic heterocycles. The van der Waals surface area contributed by atoms with E-state index in [0.29, 0.717) is 17.5 Å². The number of fused-ring (bicyclic) bond motifs is 1. The Bertz CT molecular complexity index is 3370. The van der Waals surface area contributed by atoms with Crippen LogP contribution < -0.4 is 0 Å². The van der Waals surface area contributed by atoms with Crippen molar-refractivity contribution in [3.05, 3.63) is 243 Å². The summed E-state index contributed by atoms with van der Waals surface area (Å²) in [5, 5.41) is 2.21. The van der Waals surface area contributed by atoms with E-state index in [1.165, 1.54) is 5.56 Å². The maximum absolute atomic E-state index is 5.38. The molecule has 0 saturated carbocycles. The van der Waals surface area contributed by atoms with Crippen molar-refractivity contribution in [2.45, 2.75) is 0 Å². The van der Waals surface area contributed by atoms with Crippen LogP contribution in [0.15, 0.2) is 237 Å². The molecule has 0 fully saturated rings. The summed E-state index contributed by atoms with van der Waals surface area (Å²) in [5.41, 5.74) is 15.3. The molecule has 0 spiro atoms. The smallest absolute Gasteiger partial charge is 0.164 e. The Labute approximate surface area is 392 Å². The van der Waals surface area contributed by atoms with Crippen LogP contribution in [-0.2, 0) is 20.1 Å². The van der Waals surface area contributed by atoms with Crippen molar-refractivity contribution in [3.8, 4) is 101 Å². The predicted octanol–water partition coefficient (Wildman–Crippen LogP) is 15.2. The van der Waals surface area contributed by atoms with Gasteiger partial charge in [-0.3, -0.25) is 0 Å². The van der Waals surface area contributed by atoms with Gasteiger partial charge < -0.3 is 4.98 Å². The van der Waals surface area contributed by atoms with Crippen molar-refractivity contribution in [1.29, 1.82) is 0 Å². The van der Waals surface area contributed by atoms with E-state index in [2.05, 4.69) is 194 Å². The molecule has 5 heteroatoms. The molecule has 1 radical (unpaired) electrons. The van der Waals surface area contributed by atoms with Crippen LogP contribution in [0.25, 0.3) is 112 Å². The van der Waals surface area contributed by atoms with E-state index in [1.807, 2.05) is 48.7 Å². The molecule has 65 heavy (non-hydrogen) atoms. The third kappa shape index (κ3) is 8.85. The summed E-state index contributed by atoms with van der Waals surface area (Å²) in [4.78, 5) is 20.8. The summed E-state index contributed by atoms with van der Waals surface area (Å²) in [6, 6.07) is 83.8. The van der Waals surface area contributed by atoms with E-state index in [4.69, 9.17) is 19.9 Å². The second-order valence-corrected chi connectivity index (χ2v) is 15.9. The molecule has 11 rings (SSSR count). The van der Waals surface area contributed by atoms with Crippen molar-refractivity contribution in [2.24, 2.45) is 0 Å². The molecule has 0 unspecified atom stereocenters. The molecule has 2 heterocycles. The summed E-state index contributed by atoms with van der Waals surface area (Å²) in [7, 11) is 0. The van der Waals surface area contributed by atoms with E-state index >= 15 is 0 Å². The van der Waals surface area contributed by atoms with Crippen LogP contribution in [0, 0.1) is 6.07 Å². The van der Waals surface area contributed by atoms with Gasteiger partial charge in [-0.15, -0.1) is 29.8 Å². The number of nitrogens with zero attached hydrogens (tertiary/aromatic N) is 4. The van der Waals surface area contributed by atoms with Gasteiger partial charge in [0.15, 0.2) is 11.6 Å². The van der Waals surface area contributed by atoms with Crippen LogP contribution in [0.3, 0.4) is 0 Å². The van der Waals surface area contributed by atoms with E-state index in [0.717, 1.165) is 88.8 Å². The Hall–Kier alpha value is -7.95. The Morgan fingerprint density at radius 3 is 1.15 bits per heavy atom. The molecule has 4 nitrogen and oxygen atoms in total. The SMILES string of the molecule is [Ir].[c-]1ccc(-c2nc(-c3cc(-c4ccccc4)cc(-c4ccccc4)c3)nc(-c3cc(-c4ccccc4)cc(-c4cccc(-c5ccccc5)c4)c3)n2)cc1-c1cc2ccccc2cn1. The summed E-state index contributed by atoms with van der Waals surface area (Å²) < 4.78 is 0. The van der Waals surface area contributed by atoms with E-state index < -0.39 is 0 Å². The summed E-state index contributed by atoms with van der Waals surface area (Å²) in [5.74, 6) is 1.70. The summed E-state index contributed by atoms with van der Waals surface area (Å²) in [6.07, 6.45) is 1.92. The first-order valence-corrected chi connectivity index (χ1v) is 21.4.